The SMILES string of the molecule is Cc1cc(=O)oc2c1=CCC(OCc1ccc3c(c1)=CCCC=3)C=2. The van der Waals surface area contributed by atoms with Crippen LogP contribution in [0.15, 0.2) is 33.5 Å². The van der Waals surface area contributed by atoms with Crippen molar-refractivity contribution >= 4 is 24.3 Å². The Kier molecular flexibility index (Phi) is 3.95. The minimum atomic E-state index is -0.307. The van der Waals surface area contributed by atoms with E-state index in [1.54, 1.807) is 0 Å². The van der Waals surface area contributed by atoms with E-state index < -0.39 is 0 Å². The van der Waals surface area contributed by atoms with Gasteiger partial charge in [-0.3, -0.25) is 0 Å². The summed E-state index contributed by atoms with van der Waals surface area (Å²) in [4.78, 5) is 11.5. The van der Waals surface area contributed by atoms with Gasteiger partial charge in [0.05, 0.1) is 12.7 Å². The molecule has 0 radical (unpaired) electrons. The molecule has 1 aromatic carbocycles. The normalized spacial score (nSPS) is 18.3. The second kappa shape index (κ2) is 6.25. The molecule has 1 heterocycles. The molecule has 2 aliphatic carbocycles. The quantitative estimate of drug-likeness (QED) is 0.842. The molecule has 0 fully saturated rings. The number of fused-ring (bicyclic) bond motifs is 2. The molecule has 1 aromatic heterocycles. The first-order chi connectivity index (χ1) is 11.7. The van der Waals surface area contributed by atoms with Crippen molar-refractivity contribution in [1.82, 2.24) is 0 Å². The van der Waals surface area contributed by atoms with Gasteiger partial charge in [-0.1, -0.05) is 30.4 Å². The molecule has 2 aromatic rings. The van der Waals surface area contributed by atoms with E-state index in [0.29, 0.717) is 12.0 Å². The zero-order valence-electron chi connectivity index (χ0n) is 13.7. The van der Waals surface area contributed by atoms with Crippen molar-refractivity contribution < 1.29 is 9.15 Å². The molecule has 1 atom stereocenters. The molecule has 0 amide bonds. The monoisotopic (exact) mass is 320 g/mol. The topological polar surface area (TPSA) is 39.4 Å². The van der Waals surface area contributed by atoms with Crippen molar-refractivity contribution in [2.45, 2.75) is 38.9 Å². The number of hydrogen-bond acceptors (Lipinski definition) is 3. The van der Waals surface area contributed by atoms with Crippen LogP contribution in [0.1, 0.15) is 30.4 Å². The Bertz CT molecular complexity index is 1070. The molecular weight excluding hydrogens is 300 g/mol. The summed E-state index contributed by atoms with van der Waals surface area (Å²) in [7, 11) is 0. The lowest BCUT2D eigenvalue weighted by Gasteiger charge is -2.15. The van der Waals surface area contributed by atoms with Gasteiger partial charge in [0, 0.05) is 11.3 Å². The molecule has 24 heavy (non-hydrogen) atoms. The summed E-state index contributed by atoms with van der Waals surface area (Å²) >= 11 is 0. The fourth-order valence-corrected chi connectivity index (χ4v) is 3.37. The number of ether oxygens (including phenoxy) is 1. The highest BCUT2D eigenvalue weighted by Gasteiger charge is 2.11. The van der Waals surface area contributed by atoms with Gasteiger partial charge in [-0.25, -0.2) is 4.79 Å². The lowest BCUT2D eigenvalue weighted by molar-refractivity contribution is 0.0842. The van der Waals surface area contributed by atoms with E-state index in [4.69, 9.17) is 9.15 Å². The Labute approximate surface area is 139 Å². The van der Waals surface area contributed by atoms with Gasteiger partial charge in [-0.2, -0.15) is 0 Å². The molecule has 0 saturated heterocycles. The van der Waals surface area contributed by atoms with E-state index >= 15 is 0 Å². The van der Waals surface area contributed by atoms with Crippen molar-refractivity contribution in [2.75, 3.05) is 0 Å². The Morgan fingerprint density at radius 1 is 1.12 bits per heavy atom. The van der Waals surface area contributed by atoms with Gasteiger partial charge in [0.2, 0.25) is 0 Å². The van der Waals surface area contributed by atoms with E-state index in [0.717, 1.165) is 30.0 Å². The third kappa shape index (κ3) is 3.00. The Morgan fingerprint density at radius 2 is 1.96 bits per heavy atom. The highest BCUT2D eigenvalue weighted by atomic mass is 16.5. The molecule has 0 saturated carbocycles. The van der Waals surface area contributed by atoms with Gasteiger partial charge in [0.15, 0.2) is 0 Å². The lowest BCUT2D eigenvalue weighted by atomic mass is 10.1. The Morgan fingerprint density at radius 3 is 2.83 bits per heavy atom. The molecular formula is C21H20O3. The average molecular weight is 320 g/mol. The maximum absolute atomic E-state index is 11.5. The maximum Gasteiger partial charge on any atom is 0.336 e. The van der Waals surface area contributed by atoms with Crippen molar-refractivity contribution in [3.05, 3.63) is 66.9 Å². The van der Waals surface area contributed by atoms with E-state index in [2.05, 4.69) is 36.4 Å². The van der Waals surface area contributed by atoms with Crippen LogP contribution >= 0.6 is 0 Å². The molecule has 3 nitrogen and oxygen atoms in total. The third-order valence-electron chi connectivity index (χ3n) is 4.64. The van der Waals surface area contributed by atoms with Crippen LogP contribution in [0.3, 0.4) is 0 Å². The highest BCUT2D eigenvalue weighted by Crippen LogP contribution is 2.08. The second-order valence-corrected chi connectivity index (χ2v) is 6.43. The molecule has 0 spiro atoms. The van der Waals surface area contributed by atoms with Crippen LogP contribution in [-0.4, -0.2) is 6.10 Å². The predicted octanol–water partition coefficient (Wildman–Crippen LogP) is 0.853. The van der Waals surface area contributed by atoms with Gasteiger partial charge in [0.1, 0.15) is 5.42 Å². The summed E-state index contributed by atoms with van der Waals surface area (Å²) in [5, 5.41) is 3.62. The second-order valence-electron chi connectivity index (χ2n) is 6.43. The van der Waals surface area contributed by atoms with Crippen molar-refractivity contribution in [2.24, 2.45) is 0 Å². The molecule has 4 rings (SSSR count). The van der Waals surface area contributed by atoms with Gasteiger partial charge < -0.3 is 9.15 Å². The van der Waals surface area contributed by atoms with E-state index in [9.17, 15) is 4.79 Å². The van der Waals surface area contributed by atoms with Crippen LogP contribution in [0.4, 0.5) is 0 Å². The first kappa shape index (κ1) is 15.2. The summed E-state index contributed by atoms with van der Waals surface area (Å²) < 4.78 is 11.3. The van der Waals surface area contributed by atoms with Gasteiger partial charge in [-0.05, 0) is 59.9 Å². The van der Waals surface area contributed by atoms with Crippen LogP contribution in [0.5, 0.6) is 0 Å². The molecule has 1 unspecified atom stereocenters. The predicted molar refractivity (Wildman–Crippen MR) is 94.9 cm³/mol. The molecule has 122 valence electrons. The van der Waals surface area contributed by atoms with Crippen molar-refractivity contribution in [1.29, 1.82) is 0 Å². The first-order valence-electron chi connectivity index (χ1n) is 8.43. The largest absolute Gasteiger partial charge is 0.423 e. The number of aryl methyl sites for hydroxylation is 1. The van der Waals surface area contributed by atoms with Crippen molar-refractivity contribution in [3.63, 3.8) is 0 Å². The van der Waals surface area contributed by atoms with Crippen LogP contribution in [0.2, 0.25) is 0 Å². The minimum Gasteiger partial charge on any atom is -0.423 e. The Balaban J connectivity index is 1.55. The van der Waals surface area contributed by atoms with Gasteiger partial charge >= 0.3 is 5.63 Å². The fraction of sp³-hybridized carbons (Fsp3) is 0.286. The number of rotatable bonds is 3. The van der Waals surface area contributed by atoms with E-state index in [1.165, 1.54) is 22.1 Å². The average Bonchev–Trinajstić information content (AvgIpc) is 2.59. The van der Waals surface area contributed by atoms with Crippen molar-refractivity contribution in [3.8, 4) is 0 Å². The van der Waals surface area contributed by atoms with Crippen LogP contribution in [0, 0.1) is 6.92 Å². The Hall–Kier alpha value is -2.39. The number of hydrogen-bond donors (Lipinski definition) is 0. The van der Waals surface area contributed by atoms with Crippen LogP contribution < -0.4 is 26.7 Å². The van der Waals surface area contributed by atoms with Crippen LogP contribution in [0.25, 0.3) is 24.3 Å². The van der Waals surface area contributed by atoms with Gasteiger partial charge in [0.25, 0.3) is 0 Å². The summed E-state index contributed by atoms with van der Waals surface area (Å²) in [6.07, 6.45) is 11.5. The first-order valence-corrected chi connectivity index (χ1v) is 8.43. The standard InChI is InChI=1S/C21H20O3/c1-14-10-21(22)24-20-12-18(8-9-19(14)20)23-13-15-6-7-16-4-2-3-5-17(16)11-15/h4-7,9-12,18H,2-3,8,13H2,1H3. The minimum absolute atomic E-state index is 0.0611. The molecule has 2 aliphatic rings. The van der Waals surface area contributed by atoms with E-state index in [1.807, 2.05) is 13.0 Å². The van der Waals surface area contributed by atoms with E-state index in [-0.39, 0.29) is 11.7 Å². The lowest BCUT2D eigenvalue weighted by Crippen LogP contribution is -2.36. The summed E-state index contributed by atoms with van der Waals surface area (Å²) in [5.41, 5.74) is 2.45. The maximum atomic E-state index is 11.5. The molecule has 0 bridgehead atoms. The fourth-order valence-electron chi connectivity index (χ4n) is 3.37. The third-order valence-corrected chi connectivity index (χ3v) is 4.64. The molecule has 3 heteroatoms. The van der Waals surface area contributed by atoms with Crippen LogP contribution in [-0.2, 0) is 11.3 Å². The molecule has 0 N–H and O–H groups in total. The number of benzene rings is 1. The molecule has 0 aliphatic heterocycles. The zero-order valence-corrected chi connectivity index (χ0v) is 13.7. The smallest absolute Gasteiger partial charge is 0.336 e. The summed E-state index contributed by atoms with van der Waals surface area (Å²) in [5.74, 6) is 0. The van der Waals surface area contributed by atoms with Gasteiger partial charge in [-0.15, -0.1) is 0 Å². The highest BCUT2D eigenvalue weighted by molar-refractivity contribution is 5.41. The summed E-state index contributed by atoms with van der Waals surface area (Å²) in [6, 6.07) is 8.03. The summed E-state index contributed by atoms with van der Waals surface area (Å²) in [6.45, 7) is 2.49. The zero-order chi connectivity index (χ0) is 16.5.